The van der Waals surface area contributed by atoms with Crippen LogP contribution in [0.1, 0.15) is 113 Å². The van der Waals surface area contributed by atoms with Gasteiger partial charge in [-0.1, -0.05) is 73.1 Å². The predicted octanol–water partition coefficient (Wildman–Crippen LogP) is 1.99. The maximum Gasteiger partial charge on any atom is 0.245 e. The van der Waals surface area contributed by atoms with E-state index in [1.54, 1.807) is 14.0 Å². The van der Waals surface area contributed by atoms with Crippen LogP contribution in [-0.2, 0) is 28.7 Å². The second-order valence-corrected chi connectivity index (χ2v) is 15.0. The first-order chi connectivity index (χ1) is 23.1. The second kappa shape index (κ2) is 20.8. The van der Waals surface area contributed by atoms with E-state index in [0.717, 1.165) is 57.8 Å². The van der Waals surface area contributed by atoms with Crippen molar-refractivity contribution < 1.29 is 33.8 Å². The van der Waals surface area contributed by atoms with Gasteiger partial charge in [-0.15, -0.1) is 0 Å². The molecular weight excluding hydrogens is 628 g/mol. The lowest BCUT2D eigenvalue weighted by Gasteiger charge is -2.37. The van der Waals surface area contributed by atoms with Crippen LogP contribution in [0.4, 0.5) is 0 Å². The molecule has 1 aliphatic heterocycles. The van der Waals surface area contributed by atoms with Crippen molar-refractivity contribution in [2.24, 2.45) is 29.4 Å². The predicted molar refractivity (Wildman–Crippen MR) is 189 cm³/mol. The summed E-state index contributed by atoms with van der Waals surface area (Å²) in [4.78, 5) is 70.5. The van der Waals surface area contributed by atoms with E-state index in [1.165, 1.54) is 11.8 Å². The smallest absolute Gasteiger partial charge is 0.245 e. The monoisotopic (exact) mass is 694 g/mol. The molecule has 0 radical (unpaired) electrons. The van der Waals surface area contributed by atoms with E-state index in [4.69, 9.17) is 10.5 Å². The number of aliphatic hydroxyl groups is 1. The van der Waals surface area contributed by atoms with Gasteiger partial charge in [-0.25, -0.2) is 0 Å². The Hall–Kier alpha value is -2.77. The lowest BCUT2D eigenvalue weighted by molar-refractivity contribution is -0.149. The van der Waals surface area contributed by atoms with Crippen molar-refractivity contribution >= 4 is 29.5 Å². The molecule has 1 aliphatic carbocycles. The average Bonchev–Trinajstić information content (AvgIpc) is 3.06. The van der Waals surface area contributed by atoms with Gasteiger partial charge in [0, 0.05) is 19.6 Å². The third-order valence-corrected chi connectivity index (χ3v) is 10.1. The normalized spacial score (nSPS) is 30.7. The molecule has 0 spiro atoms. The minimum Gasteiger partial charge on any atom is -0.391 e. The standard InChI is InChI=1S/C36H66N6O7/c1-9-10-12-15-22(4)31-24(6)36(48)42(8)28(18-21(2)3)33(45)41-30(26-16-13-11-14-17-26)35(47)39-27(19-37)32(44)40-29(25(7)43)34(46)38-23(5)20-49-31/h21-31,43H,9-20,37H2,1-8H3,(H,38,46)(H,39,47)(H,40,44)(H,41,45)/t22?,23-,24?,25+,27+,28+,29+,30+,31-/m1/s1. The van der Waals surface area contributed by atoms with Crippen LogP contribution in [-0.4, -0.2) is 102 Å². The van der Waals surface area contributed by atoms with Crippen LogP contribution in [0, 0.1) is 23.7 Å². The summed E-state index contributed by atoms with van der Waals surface area (Å²) in [6.07, 6.45) is 6.81. The lowest BCUT2D eigenvalue weighted by Crippen LogP contribution is -2.62. The van der Waals surface area contributed by atoms with Gasteiger partial charge >= 0.3 is 0 Å². The van der Waals surface area contributed by atoms with Crippen LogP contribution in [0.25, 0.3) is 0 Å². The topological polar surface area (TPSA) is 192 Å². The molecule has 13 nitrogen and oxygen atoms in total. The highest BCUT2D eigenvalue weighted by molar-refractivity contribution is 5.96. The van der Waals surface area contributed by atoms with Crippen LogP contribution in [0.5, 0.6) is 0 Å². The van der Waals surface area contributed by atoms with Crippen LogP contribution in [0.2, 0.25) is 0 Å². The first kappa shape index (κ1) is 42.4. The summed E-state index contributed by atoms with van der Waals surface area (Å²) < 4.78 is 6.41. The summed E-state index contributed by atoms with van der Waals surface area (Å²) in [7, 11) is 1.64. The number of amides is 5. The summed E-state index contributed by atoms with van der Waals surface area (Å²) in [5, 5.41) is 21.5. The lowest BCUT2D eigenvalue weighted by atomic mass is 9.83. The van der Waals surface area contributed by atoms with E-state index < -0.39 is 72.0 Å². The zero-order valence-corrected chi connectivity index (χ0v) is 31.3. The van der Waals surface area contributed by atoms with E-state index in [1.807, 2.05) is 20.8 Å². The minimum absolute atomic E-state index is 0.00496. The molecule has 1 saturated carbocycles. The molecule has 13 heteroatoms. The molecule has 49 heavy (non-hydrogen) atoms. The number of unbranched alkanes of at least 4 members (excludes halogenated alkanes) is 2. The van der Waals surface area contributed by atoms with E-state index in [9.17, 15) is 29.1 Å². The molecule has 2 unspecified atom stereocenters. The van der Waals surface area contributed by atoms with Crippen LogP contribution in [0.3, 0.4) is 0 Å². The molecule has 1 heterocycles. The first-order valence-corrected chi connectivity index (χ1v) is 18.6. The van der Waals surface area contributed by atoms with Gasteiger partial charge in [0.1, 0.15) is 24.2 Å². The van der Waals surface area contributed by atoms with Gasteiger partial charge in [0.25, 0.3) is 0 Å². The first-order valence-electron chi connectivity index (χ1n) is 18.6. The SMILES string of the molecule is CCCCCC(C)[C@H]1OC[C@@H](C)NC(=O)[C@H]([C@H](C)O)NC(=O)[C@H](CN)NC(=O)[C@H](C2CCCCC2)NC(=O)[C@H](CC(C)C)N(C)C(=O)C1C. The minimum atomic E-state index is -1.33. The summed E-state index contributed by atoms with van der Waals surface area (Å²) in [6, 6.07) is -4.88. The molecule has 282 valence electrons. The highest BCUT2D eigenvalue weighted by atomic mass is 16.5. The maximum absolute atomic E-state index is 14.2. The molecule has 0 aromatic rings. The Balaban J connectivity index is 2.59. The van der Waals surface area contributed by atoms with Gasteiger partial charge in [0.05, 0.1) is 24.7 Å². The summed E-state index contributed by atoms with van der Waals surface area (Å²) in [5.74, 6) is -3.30. The Bertz CT molecular complexity index is 1080. The summed E-state index contributed by atoms with van der Waals surface area (Å²) >= 11 is 0. The van der Waals surface area contributed by atoms with E-state index >= 15 is 0 Å². The Morgan fingerprint density at radius 2 is 1.53 bits per heavy atom. The highest BCUT2D eigenvalue weighted by Crippen LogP contribution is 2.28. The third kappa shape index (κ3) is 12.8. The number of carbonyl (C=O) groups is 5. The van der Waals surface area contributed by atoms with Crippen molar-refractivity contribution in [3.8, 4) is 0 Å². The Morgan fingerprint density at radius 3 is 2.10 bits per heavy atom. The van der Waals surface area contributed by atoms with Crippen molar-refractivity contribution in [2.45, 2.75) is 155 Å². The zero-order valence-electron chi connectivity index (χ0n) is 31.3. The third-order valence-electron chi connectivity index (χ3n) is 10.1. The number of hydrogen-bond donors (Lipinski definition) is 6. The van der Waals surface area contributed by atoms with Gasteiger partial charge < -0.3 is 41.7 Å². The fourth-order valence-corrected chi connectivity index (χ4v) is 7.08. The van der Waals surface area contributed by atoms with Gasteiger partial charge in [-0.3, -0.25) is 24.0 Å². The van der Waals surface area contributed by atoms with Gasteiger partial charge in [-0.2, -0.15) is 0 Å². The molecule has 5 amide bonds. The number of aliphatic hydroxyl groups excluding tert-OH is 1. The number of nitrogens with zero attached hydrogens (tertiary/aromatic N) is 1. The zero-order chi connectivity index (χ0) is 36.8. The summed E-state index contributed by atoms with van der Waals surface area (Å²) in [6.45, 7) is 12.9. The largest absolute Gasteiger partial charge is 0.391 e. The molecule has 9 atom stereocenters. The Labute approximate surface area is 294 Å². The second-order valence-electron chi connectivity index (χ2n) is 15.0. The van der Waals surface area contributed by atoms with Crippen molar-refractivity contribution in [1.29, 1.82) is 0 Å². The van der Waals surface area contributed by atoms with E-state index in [-0.39, 0.29) is 36.8 Å². The number of nitrogens with one attached hydrogen (secondary N) is 4. The Morgan fingerprint density at radius 1 is 0.878 bits per heavy atom. The molecule has 2 rings (SSSR count). The van der Waals surface area contributed by atoms with Gasteiger partial charge in [-0.05, 0) is 57.3 Å². The average molecular weight is 695 g/mol. The fraction of sp³-hybridized carbons (Fsp3) is 0.861. The van der Waals surface area contributed by atoms with E-state index in [2.05, 4.69) is 35.1 Å². The molecule has 2 aliphatic rings. The van der Waals surface area contributed by atoms with Gasteiger partial charge in [0.2, 0.25) is 29.5 Å². The van der Waals surface area contributed by atoms with E-state index in [0.29, 0.717) is 6.42 Å². The fourth-order valence-electron chi connectivity index (χ4n) is 7.08. The molecule has 1 saturated heterocycles. The number of likely N-dealkylation sites (N-methyl/N-ethyl adjacent to an activating group) is 1. The number of hydrogen-bond acceptors (Lipinski definition) is 8. The van der Waals surface area contributed by atoms with Crippen molar-refractivity contribution in [2.75, 3.05) is 20.2 Å². The summed E-state index contributed by atoms with van der Waals surface area (Å²) in [5.41, 5.74) is 5.94. The van der Waals surface area contributed by atoms with Crippen LogP contribution >= 0.6 is 0 Å². The quantitative estimate of drug-likeness (QED) is 0.187. The van der Waals surface area contributed by atoms with Crippen LogP contribution in [0.15, 0.2) is 0 Å². The number of rotatable bonds is 10. The molecular formula is C36H66N6O7. The molecule has 0 aromatic heterocycles. The van der Waals surface area contributed by atoms with Crippen molar-refractivity contribution in [1.82, 2.24) is 26.2 Å². The Kier molecular flexibility index (Phi) is 18.0. The maximum atomic E-state index is 14.2. The molecule has 7 N–H and O–H groups in total. The molecule has 2 fully saturated rings. The number of carbonyl (C=O) groups excluding carboxylic acids is 5. The molecule has 0 bridgehead atoms. The van der Waals surface area contributed by atoms with Gasteiger partial charge in [0.15, 0.2) is 0 Å². The number of nitrogens with two attached hydrogens (primary N) is 1. The van der Waals surface area contributed by atoms with Crippen molar-refractivity contribution in [3.63, 3.8) is 0 Å². The highest BCUT2D eigenvalue weighted by Gasteiger charge is 2.40. The molecule has 0 aromatic carbocycles. The number of ether oxygens (including phenoxy) is 1. The van der Waals surface area contributed by atoms with Crippen LogP contribution < -0.4 is 27.0 Å². The van der Waals surface area contributed by atoms with Crippen molar-refractivity contribution in [3.05, 3.63) is 0 Å².